The predicted octanol–water partition coefficient (Wildman–Crippen LogP) is 3.68. The molecule has 0 aliphatic heterocycles. The van der Waals surface area contributed by atoms with Gasteiger partial charge in [-0.1, -0.05) is 32.0 Å². The van der Waals surface area contributed by atoms with E-state index in [0.717, 1.165) is 12.8 Å². The Morgan fingerprint density at radius 3 is 2.28 bits per heavy atom. The summed E-state index contributed by atoms with van der Waals surface area (Å²) in [5.41, 5.74) is 0.322. The first-order valence-electron chi connectivity index (χ1n) is 6.70. The molecule has 0 aliphatic rings. The van der Waals surface area contributed by atoms with Gasteiger partial charge in [-0.3, -0.25) is 0 Å². The van der Waals surface area contributed by atoms with Crippen molar-refractivity contribution in [1.82, 2.24) is 5.32 Å². The summed E-state index contributed by atoms with van der Waals surface area (Å²) in [7, 11) is 1.86. The molecule has 1 N–H and O–H groups in total. The van der Waals surface area contributed by atoms with E-state index in [0.29, 0.717) is 12.2 Å². The van der Waals surface area contributed by atoms with Gasteiger partial charge in [0.15, 0.2) is 0 Å². The number of ether oxygens (including phenoxy) is 1. The van der Waals surface area contributed by atoms with Crippen LogP contribution in [-0.4, -0.2) is 19.3 Å². The number of halogens is 1. The van der Waals surface area contributed by atoms with Gasteiger partial charge in [-0.15, -0.1) is 0 Å². The molecule has 1 atom stereocenters. The van der Waals surface area contributed by atoms with Crippen molar-refractivity contribution in [1.29, 1.82) is 0 Å². The summed E-state index contributed by atoms with van der Waals surface area (Å²) in [5, 5.41) is 3.22. The first-order chi connectivity index (χ1) is 8.65. The van der Waals surface area contributed by atoms with E-state index >= 15 is 0 Å². The van der Waals surface area contributed by atoms with Crippen LogP contribution in [-0.2, 0) is 4.74 Å². The highest BCUT2D eigenvalue weighted by molar-refractivity contribution is 5.24. The first-order valence-corrected chi connectivity index (χ1v) is 6.70. The lowest BCUT2D eigenvalue weighted by Gasteiger charge is -2.39. The molecule has 1 rings (SSSR count). The third-order valence-corrected chi connectivity index (χ3v) is 3.66. The topological polar surface area (TPSA) is 21.3 Å². The van der Waals surface area contributed by atoms with Crippen LogP contribution in [0.1, 0.15) is 45.2 Å². The molecular weight excluding hydrogens is 229 g/mol. The Morgan fingerprint density at radius 1 is 1.22 bits per heavy atom. The van der Waals surface area contributed by atoms with E-state index in [1.54, 1.807) is 6.07 Å². The summed E-state index contributed by atoms with van der Waals surface area (Å²) in [6.45, 7) is 6.79. The monoisotopic (exact) mass is 253 g/mol. The normalized spacial score (nSPS) is 13.6. The minimum absolute atomic E-state index is 0.131. The van der Waals surface area contributed by atoms with Gasteiger partial charge in [0.05, 0.1) is 11.6 Å². The standard InChI is InChI=1S/C15H24FNO/c1-5-15(6-2,18-7-3)14(17-4)12-10-8-9-11-13(12)16/h8-11,14,17H,5-7H2,1-4H3. The molecular formula is C15H24FNO. The molecule has 3 heteroatoms. The van der Waals surface area contributed by atoms with Gasteiger partial charge in [-0.05, 0) is 32.9 Å². The van der Waals surface area contributed by atoms with E-state index in [1.807, 2.05) is 26.1 Å². The molecule has 0 saturated heterocycles. The second-order valence-electron chi connectivity index (χ2n) is 4.45. The third-order valence-electron chi connectivity index (χ3n) is 3.66. The van der Waals surface area contributed by atoms with Crippen LogP contribution in [0.2, 0.25) is 0 Å². The maximum atomic E-state index is 14.0. The van der Waals surface area contributed by atoms with Crippen molar-refractivity contribution in [3.05, 3.63) is 35.6 Å². The lowest BCUT2D eigenvalue weighted by atomic mass is 9.83. The Labute approximate surface area is 110 Å². The van der Waals surface area contributed by atoms with E-state index in [-0.39, 0.29) is 17.5 Å². The summed E-state index contributed by atoms with van der Waals surface area (Å²) < 4.78 is 19.9. The molecule has 1 aromatic rings. The summed E-state index contributed by atoms with van der Waals surface area (Å²) in [5.74, 6) is -0.178. The summed E-state index contributed by atoms with van der Waals surface area (Å²) >= 11 is 0. The van der Waals surface area contributed by atoms with Gasteiger partial charge >= 0.3 is 0 Å². The molecule has 0 spiro atoms. The molecule has 0 heterocycles. The quantitative estimate of drug-likeness (QED) is 0.800. The fourth-order valence-electron chi connectivity index (χ4n) is 2.64. The Kier molecular flexibility index (Phi) is 5.76. The van der Waals surface area contributed by atoms with Crippen molar-refractivity contribution < 1.29 is 9.13 Å². The zero-order valence-corrected chi connectivity index (χ0v) is 11.8. The molecule has 0 bridgehead atoms. The van der Waals surface area contributed by atoms with Gasteiger partial charge in [0.1, 0.15) is 5.82 Å². The molecule has 102 valence electrons. The van der Waals surface area contributed by atoms with Crippen LogP contribution >= 0.6 is 0 Å². The highest BCUT2D eigenvalue weighted by Crippen LogP contribution is 2.36. The molecule has 0 amide bonds. The van der Waals surface area contributed by atoms with Gasteiger partial charge in [-0.25, -0.2) is 4.39 Å². The van der Waals surface area contributed by atoms with Gasteiger partial charge < -0.3 is 10.1 Å². The van der Waals surface area contributed by atoms with Gasteiger partial charge in [-0.2, -0.15) is 0 Å². The first kappa shape index (κ1) is 15.1. The second-order valence-corrected chi connectivity index (χ2v) is 4.45. The van der Waals surface area contributed by atoms with Crippen LogP contribution in [0.25, 0.3) is 0 Å². The molecule has 0 fully saturated rings. The minimum Gasteiger partial charge on any atom is -0.373 e. The highest BCUT2D eigenvalue weighted by Gasteiger charge is 2.37. The van der Waals surface area contributed by atoms with Crippen molar-refractivity contribution in [2.24, 2.45) is 0 Å². The maximum Gasteiger partial charge on any atom is 0.128 e. The van der Waals surface area contributed by atoms with Gasteiger partial charge in [0.25, 0.3) is 0 Å². The lowest BCUT2D eigenvalue weighted by Crippen LogP contribution is -2.44. The number of benzene rings is 1. The van der Waals surface area contributed by atoms with Crippen LogP contribution in [0.15, 0.2) is 24.3 Å². The van der Waals surface area contributed by atoms with E-state index < -0.39 is 0 Å². The zero-order valence-electron chi connectivity index (χ0n) is 11.8. The number of nitrogens with one attached hydrogen (secondary N) is 1. The van der Waals surface area contributed by atoms with Gasteiger partial charge in [0, 0.05) is 12.2 Å². The molecule has 18 heavy (non-hydrogen) atoms. The van der Waals surface area contributed by atoms with E-state index in [2.05, 4.69) is 19.2 Å². The van der Waals surface area contributed by atoms with Crippen molar-refractivity contribution in [3.63, 3.8) is 0 Å². The van der Waals surface area contributed by atoms with Crippen LogP contribution in [0, 0.1) is 5.82 Å². The summed E-state index contributed by atoms with van der Waals surface area (Å²) in [4.78, 5) is 0. The Balaban J connectivity index is 3.17. The Morgan fingerprint density at radius 2 is 1.83 bits per heavy atom. The SMILES string of the molecule is CCOC(CC)(CC)C(NC)c1ccccc1F. The van der Waals surface area contributed by atoms with E-state index in [1.165, 1.54) is 6.07 Å². The molecule has 0 saturated carbocycles. The van der Waals surface area contributed by atoms with Crippen molar-refractivity contribution in [2.75, 3.05) is 13.7 Å². The summed E-state index contributed by atoms with van der Waals surface area (Å²) in [6, 6.07) is 6.78. The molecule has 0 radical (unpaired) electrons. The number of likely N-dealkylation sites (N-methyl/N-ethyl adjacent to an activating group) is 1. The van der Waals surface area contributed by atoms with Crippen molar-refractivity contribution >= 4 is 0 Å². The Hall–Kier alpha value is -0.930. The molecule has 1 unspecified atom stereocenters. The van der Waals surface area contributed by atoms with Crippen LogP contribution < -0.4 is 5.32 Å². The lowest BCUT2D eigenvalue weighted by molar-refractivity contribution is -0.0724. The fraction of sp³-hybridized carbons (Fsp3) is 0.600. The van der Waals surface area contributed by atoms with E-state index in [4.69, 9.17) is 4.74 Å². The molecule has 0 aliphatic carbocycles. The maximum absolute atomic E-state index is 14.0. The van der Waals surface area contributed by atoms with Crippen molar-refractivity contribution in [2.45, 2.75) is 45.3 Å². The minimum atomic E-state index is -0.355. The fourth-order valence-corrected chi connectivity index (χ4v) is 2.64. The predicted molar refractivity (Wildman–Crippen MR) is 73.1 cm³/mol. The van der Waals surface area contributed by atoms with Crippen LogP contribution in [0.4, 0.5) is 4.39 Å². The molecule has 2 nitrogen and oxygen atoms in total. The van der Waals surface area contributed by atoms with Crippen LogP contribution in [0.5, 0.6) is 0 Å². The molecule has 1 aromatic carbocycles. The largest absolute Gasteiger partial charge is 0.373 e. The zero-order chi connectivity index (χ0) is 13.6. The molecule has 0 aromatic heterocycles. The van der Waals surface area contributed by atoms with E-state index in [9.17, 15) is 4.39 Å². The van der Waals surface area contributed by atoms with Gasteiger partial charge in [0.2, 0.25) is 0 Å². The summed E-state index contributed by atoms with van der Waals surface area (Å²) in [6.07, 6.45) is 1.69. The van der Waals surface area contributed by atoms with Crippen LogP contribution in [0.3, 0.4) is 0 Å². The smallest absolute Gasteiger partial charge is 0.128 e. The third kappa shape index (κ3) is 2.90. The number of hydrogen-bond acceptors (Lipinski definition) is 2. The van der Waals surface area contributed by atoms with Crippen molar-refractivity contribution in [3.8, 4) is 0 Å². The average molecular weight is 253 g/mol. The Bertz CT molecular complexity index is 363. The number of rotatable bonds is 7. The average Bonchev–Trinajstić information content (AvgIpc) is 2.40. The second kappa shape index (κ2) is 6.86. The number of hydrogen-bond donors (Lipinski definition) is 1. The highest BCUT2D eigenvalue weighted by atomic mass is 19.1.